The fourth-order valence-corrected chi connectivity index (χ4v) is 2.32. The number of rotatable bonds is 6. The summed E-state index contributed by atoms with van der Waals surface area (Å²) < 4.78 is 6.63. The van der Waals surface area contributed by atoms with Gasteiger partial charge in [-0.1, -0.05) is 40.2 Å². The topological polar surface area (TPSA) is 21.3 Å². The maximum absolute atomic E-state index is 5.52. The first-order chi connectivity index (χ1) is 9.69. The summed E-state index contributed by atoms with van der Waals surface area (Å²) in [4.78, 5) is 0. The maximum Gasteiger partial charge on any atom is 0.119 e. The zero-order valence-corrected chi connectivity index (χ0v) is 13.5. The van der Waals surface area contributed by atoms with Crippen LogP contribution in [0, 0.1) is 0 Å². The van der Waals surface area contributed by atoms with Crippen molar-refractivity contribution >= 4 is 15.9 Å². The Morgan fingerprint density at radius 3 is 2.60 bits per heavy atom. The Hall–Kier alpha value is -1.32. The predicted octanol–water partition coefficient (Wildman–Crippen LogP) is 4.70. The summed E-state index contributed by atoms with van der Waals surface area (Å²) in [6, 6.07) is 17.0. The molecular weight excluding hydrogens is 314 g/mol. The number of halogens is 1. The minimum Gasteiger partial charge on any atom is -0.494 e. The van der Waals surface area contributed by atoms with Gasteiger partial charge in [0.1, 0.15) is 5.75 Å². The fraction of sp³-hybridized carbons (Fsp3) is 0.294. The molecule has 2 aromatic carbocycles. The van der Waals surface area contributed by atoms with Crippen LogP contribution >= 0.6 is 15.9 Å². The van der Waals surface area contributed by atoms with E-state index in [0.29, 0.717) is 12.6 Å². The molecule has 0 aliphatic carbocycles. The van der Waals surface area contributed by atoms with Crippen LogP contribution in [-0.4, -0.2) is 6.61 Å². The summed E-state index contributed by atoms with van der Waals surface area (Å²) in [5.74, 6) is 0.933. The van der Waals surface area contributed by atoms with Crippen LogP contribution in [0.2, 0.25) is 0 Å². The Labute approximate surface area is 129 Å². The van der Waals surface area contributed by atoms with Crippen molar-refractivity contribution in [3.63, 3.8) is 0 Å². The summed E-state index contributed by atoms with van der Waals surface area (Å²) in [7, 11) is 0. The second kappa shape index (κ2) is 7.46. The number of nitrogens with one attached hydrogen (secondary N) is 1. The van der Waals surface area contributed by atoms with E-state index in [9.17, 15) is 0 Å². The van der Waals surface area contributed by atoms with Crippen LogP contribution in [0.25, 0.3) is 0 Å². The Kier molecular flexibility index (Phi) is 5.62. The van der Waals surface area contributed by atoms with E-state index in [2.05, 4.69) is 64.6 Å². The van der Waals surface area contributed by atoms with Gasteiger partial charge in [-0.25, -0.2) is 0 Å². The van der Waals surface area contributed by atoms with Gasteiger partial charge in [-0.15, -0.1) is 0 Å². The second-order valence-electron chi connectivity index (χ2n) is 4.73. The van der Waals surface area contributed by atoms with Crippen molar-refractivity contribution < 1.29 is 4.74 Å². The molecule has 3 heteroatoms. The van der Waals surface area contributed by atoms with Crippen LogP contribution in [0.5, 0.6) is 5.75 Å². The molecule has 0 aliphatic rings. The number of hydrogen-bond acceptors (Lipinski definition) is 2. The molecule has 0 fully saturated rings. The second-order valence-corrected chi connectivity index (χ2v) is 5.65. The molecule has 0 saturated heterocycles. The summed E-state index contributed by atoms with van der Waals surface area (Å²) in [5, 5.41) is 3.53. The minimum atomic E-state index is 0.318. The molecule has 2 rings (SSSR count). The monoisotopic (exact) mass is 333 g/mol. The van der Waals surface area contributed by atoms with Gasteiger partial charge in [0, 0.05) is 17.1 Å². The Bertz CT molecular complexity index is 539. The van der Waals surface area contributed by atoms with Crippen LogP contribution in [0.1, 0.15) is 31.0 Å². The van der Waals surface area contributed by atoms with Crippen LogP contribution < -0.4 is 10.1 Å². The van der Waals surface area contributed by atoms with Crippen molar-refractivity contribution in [2.45, 2.75) is 26.4 Å². The summed E-state index contributed by atoms with van der Waals surface area (Å²) >= 11 is 3.46. The molecule has 1 N–H and O–H groups in total. The van der Waals surface area contributed by atoms with Gasteiger partial charge in [-0.3, -0.25) is 0 Å². The quantitative estimate of drug-likeness (QED) is 0.827. The molecule has 106 valence electrons. The highest BCUT2D eigenvalue weighted by Crippen LogP contribution is 2.18. The normalized spacial score (nSPS) is 12.2. The van der Waals surface area contributed by atoms with E-state index in [1.807, 2.05) is 19.1 Å². The van der Waals surface area contributed by atoms with E-state index in [1.165, 1.54) is 11.1 Å². The Morgan fingerprint density at radius 1 is 1.15 bits per heavy atom. The molecule has 0 amide bonds. The first-order valence-corrected chi connectivity index (χ1v) is 7.69. The lowest BCUT2D eigenvalue weighted by Gasteiger charge is -2.15. The van der Waals surface area contributed by atoms with Crippen molar-refractivity contribution in [1.29, 1.82) is 0 Å². The third-order valence-electron chi connectivity index (χ3n) is 3.19. The van der Waals surface area contributed by atoms with Crippen molar-refractivity contribution in [1.82, 2.24) is 5.32 Å². The molecule has 2 aromatic rings. The fourth-order valence-electron chi connectivity index (χ4n) is 2.05. The third-order valence-corrected chi connectivity index (χ3v) is 3.72. The van der Waals surface area contributed by atoms with Crippen molar-refractivity contribution in [2.24, 2.45) is 0 Å². The van der Waals surface area contributed by atoms with E-state index in [4.69, 9.17) is 4.74 Å². The van der Waals surface area contributed by atoms with E-state index in [-0.39, 0.29) is 0 Å². The highest BCUT2D eigenvalue weighted by molar-refractivity contribution is 9.10. The molecule has 0 aliphatic heterocycles. The van der Waals surface area contributed by atoms with E-state index >= 15 is 0 Å². The van der Waals surface area contributed by atoms with Gasteiger partial charge in [-0.2, -0.15) is 0 Å². The maximum atomic E-state index is 5.52. The van der Waals surface area contributed by atoms with Crippen LogP contribution in [0.15, 0.2) is 53.0 Å². The number of hydrogen-bond donors (Lipinski definition) is 1. The summed E-state index contributed by atoms with van der Waals surface area (Å²) in [6.45, 7) is 5.71. The zero-order chi connectivity index (χ0) is 14.4. The van der Waals surface area contributed by atoms with Gasteiger partial charge >= 0.3 is 0 Å². The number of benzene rings is 2. The van der Waals surface area contributed by atoms with Crippen molar-refractivity contribution in [3.05, 3.63) is 64.1 Å². The van der Waals surface area contributed by atoms with Gasteiger partial charge in [0.2, 0.25) is 0 Å². The lowest BCUT2D eigenvalue weighted by molar-refractivity contribution is 0.339. The molecule has 0 unspecified atom stereocenters. The standard InChI is InChI=1S/C17H20BrNO/c1-3-20-17-6-4-5-14(11-17)12-19-13(2)15-7-9-16(18)10-8-15/h4-11,13,19H,3,12H2,1-2H3/t13-/m1/s1. The third kappa shape index (κ3) is 4.36. The smallest absolute Gasteiger partial charge is 0.119 e. The predicted molar refractivity (Wildman–Crippen MR) is 87.0 cm³/mol. The van der Waals surface area contributed by atoms with Gasteiger partial charge in [0.25, 0.3) is 0 Å². The van der Waals surface area contributed by atoms with E-state index in [0.717, 1.165) is 16.8 Å². The largest absolute Gasteiger partial charge is 0.494 e. The molecule has 20 heavy (non-hydrogen) atoms. The van der Waals surface area contributed by atoms with Gasteiger partial charge in [0.15, 0.2) is 0 Å². The van der Waals surface area contributed by atoms with Crippen LogP contribution in [-0.2, 0) is 6.54 Å². The van der Waals surface area contributed by atoms with Crippen molar-refractivity contribution in [2.75, 3.05) is 6.61 Å². The molecule has 0 aromatic heterocycles. The molecule has 0 radical (unpaired) electrons. The molecule has 0 bridgehead atoms. The van der Waals surface area contributed by atoms with Gasteiger partial charge < -0.3 is 10.1 Å². The Balaban J connectivity index is 1.94. The molecular formula is C17H20BrNO. The van der Waals surface area contributed by atoms with Crippen molar-refractivity contribution in [3.8, 4) is 5.75 Å². The van der Waals surface area contributed by atoms with Crippen LogP contribution in [0.3, 0.4) is 0 Å². The molecule has 0 heterocycles. The average molecular weight is 334 g/mol. The van der Waals surface area contributed by atoms with Crippen LogP contribution in [0.4, 0.5) is 0 Å². The first kappa shape index (κ1) is 15.1. The molecule has 2 nitrogen and oxygen atoms in total. The van der Waals surface area contributed by atoms with E-state index < -0.39 is 0 Å². The number of ether oxygens (including phenoxy) is 1. The lowest BCUT2D eigenvalue weighted by atomic mass is 10.1. The van der Waals surface area contributed by atoms with Gasteiger partial charge in [0.05, 0.1) is 6.61 Å². The lowest BCUT2D eigenvalue weighted by Crippen LogP contribution is -2.18. The highest BCUT2D eigenvalue weighted by atomic mass is 79.9. The SMILES string of the molecule is CCOc1cccc(CN[C@H](C)c2ccc(Br)cc2)c1. The molecule has 1 atom stereocenters. The molecule has 0 spiro atoms. The summed E-state index contributed by atoms with van der Waals surface area (Å²) in [6.07, 6.45) is 0. The Morgan fingerprint density at radius 2 is 1.90 bits per heavy atom. The summed E-state index contributed by atoms with van der Waals surface area (Å²) in [5.41, 5.74) is 2.52. The van der Waals surface area contributed by atoms with Gasteiger partial charge in [-0.05, 0) is 49.2 Å². The first-order valence-electron chi connectivity index (χ1n) is 6.89. The minimum absolute atomic E-state index is 0.318. The highest BCUT2D eigenvalue weighted by Gasteiger charge is 2.05. The zero-order valence-electron chi connectivity index (χ0n) is 11.9. The molecule has 0 saturated carbocycles. The van der Waals surface area contributed by atoms with E-state index in [1.54, 1.807) is 0 Å². The average Bonchev–Trinajstić information content (AvgIpc) is 2.46.